The number of hydrogen-bond donors (Lipinski definition) is 3. The first kappa shape index (κ1) is 50.6. The molecule has 0 spiro atoms. The number of esters is 3. The average molecular weight is 842 g/mol. The van der Waals surface area contributed by atoms with Gasteiger partial charge in [-0.1, -0.05) is 52.0 Å². The monoisotopic (exact) mass is 841 g/mol. The van der Waals surface area contributed by atoms with Gasteiger partial charge in [0.1, 0.15) is 42.4 Å². The highest BCUT2D eigenvalue weighted by Gasteiger charge is 2.53. The van der Waals surface area contributed by atoms with E-state index in [1.54, 1.807) is 71.8 Å². The summed E-state index contributed by atoms with van der Waals surface area (Å²) in [5.74, 6) is -2.72. The minimum atomic E-state index is -1.50. The zero-order chi connectivity index (χ0) is 44.2. The number of cyclic esters (lactones) is 1. The normalized spacial score (nSPS) is 40.2. The van der Waals surface area contributed by atoms with Gasteiger partial charge in [-0.25, -0.2) is 0 Å². The van der Waals surface area contributed by atoms with Crippen LogP contribution in [0.3, 0.4) is 0 Å². The van der Waals surface area contributed by atoms with E-state index in [0.29, 0.717) is 6.42 Å². The van der Waals surface area contributed by atoms with Crippen molar-refractivity contribution in [1.29, 1.82) is 0 Å². The van der Waals surface area contributed by atoms with Crippen molar-refractivity contribution in [3.05, 3.63) is 24.3 Å². The van der Waals surface area contributed by atoms with Gasteiger partial charge in [-0.2, -0.15) is 0 Å². The molecule has 0 radical (unpaired) electrons. The third kappa shape index (κ3) is 14.7. The van der Waals surface area contributed by atoms with Gasteiger partial charge in [-0.05, 0) is 66.0 Å². The van der Waals surface area contributed by atoms with Gasteiger partial charge >= 0.3 is 17.9 Å². The Hall–Kier alpha value is -2.80. The summed E-state index contributed by atoms with van der Waals surface area (Å²) in [4.78, 5) is 52.8. The summed E-state index contributed by atoms with van der Waals surface area (Å²) in [6.45, 7) is 14.0. The van der Waals surface area contributed by atoms with E-state index < -0.39 is 121 Å². The Morgan fingerprint density at radius 3 is 2.29 bits per heavy atom. The zero-order valence-corrected chi connectivity index (χ0v) is 36.8. The summed E-state index contributed by atoms with van der Waals surface area (Å²) < 4.78 is 48.9. The molecule has 3 heterocycles. The largest absolute Gasteiger partial charge is 0.462 e. The number of likely N-dealkylation sites (N-methyl/N-ethyl adjacent to an activating group) is 1. The van der Waals surface area contributed by atoms with Crippen molar-refractivity contribution in [2.45, 2.75) is 186 Å². The highest BCUT2D eigenvalue weighted by atomic mass is 16.7. The lowest BCUT2D eigenvalue weighted by Gasteiger charge is -2.50. The predicted molar refractivity (Wildman–Crippen MR) is 214 cm³/mol. The van der Waals surface area contributed by atoms with Crippen LogP contribution in [0, 0.1) is 17.8 Å². The van der Waals surface area contributed by atoms with Gasteiger partial charge in [0.15, 0.2) is 18.7 Å². The highest BCUT2D eigenvalue weighted by Crippen LogP contribution is 2.38. The molecule has 0 aromatic rings. The van der Waals surface area contributed by atoms with Gasteiger partial charge < -0.3 is 62.9 Å². The Morgan fingerprint density at radius 1 is 1.00 bits per heavy atom. The van der Waals surface area contributed by atoms with Crippen LogP contribution < -0.4 is 0 Å². The first-order valence-electron chi connectivity index (χ1n) is 21.0. The third-order valence-electron chi connectivity index (χ3n) is 11.2. The number of rotatable bonds is 13. The first-order chi connectivity index (χ1) is 27.7. The lowest BCUT2D eigenvalue weighted by molar-refractivity contribution is -0.344. The van der Waals surface area contributed by atoms with E-state index in [1.165, 1.54) is 7.11 Å². The van der Waals surface area contributed by atoms with Crippen molar-refractivity contribution in [3.8, 4) is 0 Å². The van der Waals surface area contributed by atoms with Crippen molar-refractivity contribution in [1.82, 2.24) is 4.90 Å². The third-order valence-corrected chi connectivity index (χ3v) is 11.2. The van der Waals surface area contributed by atoms with Crippen LogP contribution in [-0.4, -0.2) is 151 Å². The molecule has 16 nitrogen and oxygen atoms in total. The highest BCUT2D eigenvalue weighted by molar-refractivity contribution is 5.72. The minimum Gasteiger partial charge on any atom is -0.462 e. The fourth-order valence-corrected chi connectivity index (χ4v) is 8.12. The summed E-state index contributed by atoms with van der Waals surface area (Å²) in [6, 6.07) is -0.782. The van der Waals surface area contributed by atoms with Gasteiger partial charge in [-0.15, -0.1) is 0 Å². The van der Waals surface area contributed by atoms with Crippen LogP contribution in [0.15, 0.2) is 24.3 Å². The SMILES string of the molecule is CCC(=O)O[C@@H]1CC(=O)O[C@@H](C)C/C=C/C=C/[C@H](O)[C@@H](C)C[C@H](CC=O)[C@H](O[C@H]2O[C@H](C)[C@@H](O[C@H]3C[C@](C)(O)[C@H](OC(=O)CC(C)C)[C@@H](C)O3)[C@H](N(C)C)[C@H]2O)[C@H]1OC. The Morgan fingerprint density at radius 2 is 1.69 bits per heavy atom. The molecule has 0 unspecified atom stereocenters. The van der Waals surface area contributed by atoms with E-state index in [1.807, 2.05) is 26.8 Å². The van der Waals surface area contributed by atoms with Crippen molar-refractivity contribution in [2.24, 2.45) is 17.8 Å². The zero-order valence-electron chi connectivity index (χ0n) is 36.8. The van der Waals surface area contributed by atoms with Crippen LogP contribution in [0.25, 0.3) is 0 Å². The molecule has 16 atom stereocenters. The molecule has 0 aliphatic carbocycles. The van der Waals surface area contributed by atoms with Crippen LogP contribution in [0.2, 0.25) is 0 Å². The number of nitrogens with zero attached hydrogens (tertiary/aromatic N) is 1. The Kier molecular flexibility index (Phi) is 20.1. The number of allylic oxidation sites excluding steroid dienone is 2. The number of aliphatic hydroxyl groups excluding tert-OH is 2. The summed E-state index contributed by atoms with van der Waals surface area (Å²) in [5.41, 5.74) is -1.50. The van der Waals surface area contributed by atoms with Crippen molar-refractivity contribution >= 4 is 24.2 Å². The second-order valence-corrected chi connectivity index (χ2v) is 17.2. The van der Waals surface area contributed by atoms with Crippen LogP contribution >= 0.6 is 0 Å². The number of hydrogen-bond acceptors (Lipinski definition) is 16. The van der Waals surface area contributed by atoms with Crippen LogP contribution in [0.5, 0.6) is 0 Å². The molecule has 3 aliphatic heterocycles. The second kappa shape index (κ2) is 23.4. The topological polar surface area (TPSA) is 206 Å². The molecule has 0 aromatic heterocycles. The van der Waals surface area contributed by atoms with E-state index in [9.17, 15) is 34.5 Å². The molecular formula is C43H71NO15. The summed E-state index contributed by atoms with van der Waals surface area (Å²) in [6.07, 6.45) is -4.07. The van der Waals surface area contributed by atoms with Gasteiger partial charge in [-0.3, -0.25) is 14.4 Å². The number of methoxy groups -OCH3 is 1. The van der Waals surface area contributed by atoms with Crippen LogP contribution in [0.4, 0.5) is 0 Å². The molecule has 3 N–H and O–H groups in total. The van der Waals surface area contributed by atoms with E-state index in [0.717, 1.165) is 6.29 Å². The number of ether oxygens (including phenoxy) is 8. The maximum atomic E-state index is 13.3. The molecule has 0 bridgehead atoms. The molecule has 2 saturated heterocycles. The first-order valence-corrected chi connectivity index (χ1v) is 21.0. The lowest BCUT2D eigenvalue weighted by Crippen LogP contribution is -2.66. The van der Waals surface area contributed by atoms with Gasteiger partial charge in [0.2, 0.25) is 0 Å². The summed E-state index contributed by atoms with van der Waals surface area (Å²) in [5, 5.41) is 34.7. The molecule has 0 amide bonds. The summed E-state index contributed by atoms with van der Waals surface area (Å²) in [7, 11) is 4.87. The second-order valence-electron chi connectivity index (χ2n) is 17.2. The molecule has 16 heteroatoms. The average Bonchev–Trinajstić information content (AvgIpc) is 3.13. The molecule has 0 saturated carbocycles. The van der Waals surface area contributed by atoms with Crippen molar-refractivity contribution < 1.29 is 72.4 Å². The molecule has 2 fully saturated rings. The van der Waals surface area contributed by atoms with E-state index >= 15 is 0 Å². The number of carbonyl (C=O) groups excluding carboxylic acids is 4. The standard InChI is InChI=1S/C43H71NO15/c1-12-32(47)56-31-22-34(49)53-26(5)16-14-13-15-17-30(46)25(4)21-29(18-19-45)39(40(31)52-11)59-42-37(50)36(44(9)10)38(27(6)55-42)58-35-23-43(8,51)41(28(7)54-35)57-33(48)20-24(2)3/h13-15,17,19,24-31,35-42,46,50-51H,12,16,18,20-23H2,1-11H3/b14-13+,17-15+/t25-,26-,27+,28+,29-,30-,31+,35-,36+,37+,38+,39-,40-,41+,42+,43-/m0/s1. The van der Waals surface area contributed by atoms with Gasteiger partial charge in [0, 0.05) is 39.2 Å². The minimum absolute atomic E-state index is 0.00123. The van der Waals surface area contributed by atoms with E-state index in [2.05, 4.69) is 0 Å². The molecular weight excluding hydrogens is 770 g/mol. The van der Waals surface area contributed by atoms with Gasteiger partial charge in [0.05, 0.1) is 36.9 Å². The number of aliphatic hydroxyl groups is 3. The number of carbonyl (C=O) groups is 4. The van der Waals surface area contributed by atoms with Crippen molar-refractivity contribution in [3.63, 3.8) is 0 Å². The van der Waals surface area contributed by atoms with Gasteiger partial charge in [0.25, 0.3) is 0 Å². The predicted octanol–water partition coefficient (Wildman–Crippen LogP) is 3.40. The van der Waals surface area contributed by atoms with Crippen molar-refractivity contribution in [2.75, 3.05) is 21.2 Å². The molecule has 3 rings (SSSR count). The molecule has 3 aliphatic rings. The Labute approximate surface area is 349 Å². The quantitative estimate of drug-likeness (QED) is 0.138. The fraction of sp³-hybridized carbons (Fsp3) is 0.814. The van der Waals surface area contributed by atoms with E-state index in [-0.39, 0.29) is 38.0 Å². The summed E-state index contributed by atoms with van der Waals surface area (Å²) >= 11 is 0. The maximum Gasteiger partial charge on any atom is 0.309 e. The fourth-order valence-electron chi connectivity index (χ4n) is 8.12. The molecule has 0 aromatic carbocycles. The maximum absolute atomic E-state index is 13.3. The lowest BCUT2D eigenvalue weighted by atomic mass is 9.82. The molecule has 59 heavy (non-hydrogen) atoms. The van der Waals surface area contributed by atoms with Crippen LogP contribution in [0.1, 0.15) is 100 Å². The van der Waals surface area contributed by atoms with Crippen LogP contribution in [-0.2, 0) is 57.1 Å². The van der Waals surface area contributed by atoms with E-state index in [4.69, 9.17) is 37.9 Å². The Bertz CT molecular complexity index is 1400. The Balaban J connectivity index is 1.99. The number of aldehydes is 1. The smallest absolute Gasteiger partial charge is 0.309 e. The molecule has 338 valence electrons.